The van der Waals surface area contributed by atoms with E-state index in [1.807, 2.05) is 4.90 Å². The molecule has 0 bridgehead atoms. The van der Waals surface area contributed by atoms with Gasteiger partial charge in [0.1, 0.15) is 17.8 Å². The highest BCUT2D eigenvalue weighted by molar-refractivity contribution is 5.93. The van der Waals surface area contributed by atoms with E-state index in [1.54, 1.807) is 23.4 Å². The first-order valence-corrected chi connectivity index (χ1v) is 8.95. The molecule has 3 heterocycles. The summed E-state index contributed by atoms with van der Waals surface area (Å²) in [5.41, 5.74) is 0.534. The fourth-order valence-electron chi connectivity index (χ4n) is 2.99. The molecule has 1 fully saturated rings. The molecule has 0 radical (unpaired) electrons. The van der Waals surface area contributed by atoms with E-state index in [0.717, 1.165) is 12.1 Å². The molecule has 1 amide bonds. The van der Waals surface area contributed by atoms with Gasteiger partial charge < -0.3 is 15.1 Å². The number of benzene rings is 1. The summed E-state index contributed by atoms with van der Waals surface area (Å²) in [5, 5.41) is 2.85. The lowest BCUT2D eigenvalue weighted by atomic mass is 10.2. The van der Waals surface area contributed by atoms with E-state index < -0.39 is 11.6 Å². The van der Waals surface area contributed by atoms with Gasteiger partial charge in [0.15, 0.2) is 11.6 Å². The molecule has 8 nitrogen and oxygen atoms in total. The normalized spacial score (nSPS) is 14.0. The Morgan fingerprint density at radius 2 is 1.69 bits per heavy atom. The summed E-state index contributed by atoms with van der Waals surface area (Å²) in [6.45, 7) is 2.24. The Morgan fingerprint density at radius 3 is 2.41 bits per heavy atom. The third-order valence-electron chi connectivity index (χ3n) is 4.48. The second-order valence-electron chi connectivity index (χ2n) is 6.37. The molecule has 0 aliphatic carbocycles. The maximum Gasteiger partial charge on any atom is 0.272 e. The fourth-order valence-corrected chi connectivity index (χ4v) is 2.99. The summed E-state index contributed by atoms with van der Waals surface area (Å²) >= 11 is 0. The molecule has 4 rings (SSSR count). The molecule has 0 spiro atoms. The van der Waals surface area contributed by atoms with E-state index in [9.17, 15) is 13.6 Å². The molecule has 0 atom stereocenters. The largest absolute Gasteiger partial charge is 0.340 e. The summed E-state index contributed by atoms with van der Waals surface area (Å²) in [6.07, 6.45) is 4.62. The fraction of sp³-hybridized carbons (Fsp3) is 0.211. The zero-order chi connectivity index (χ0) is 20.2. The van der Waals surface area contributed by atoms with Gasteiger partial charge in [-0.3, -0.25) is 4.79 Å². The average Bonchev–Trinajstić information content (AvgIpc) is 2.77. The van der Waals surface area contributed by atoms with Gasteiger partial charge in [0.2, 0.25) is 5.95 Å². The third-order valence-corrected chi connectivity index (χ3v) is 4.48. The van der Waals surface area contributed by atoms with Gasteiger partial charge in [0, 0.05) is 56.4 Å². The quantitative estimate of drug-likeness (QED) is 0.723. The van der Waals surface area contributed by atoms with Crippen LogP contribution in [0.5, 0.6) is 0 Å². The first kappa shape index (κ1) is 18.7. The number of nitrogens with zero attached hydrogens (tertiary/aromatic N) is 6. The Balaban J connectivity index is 1.41. The van der Waals surface area contributed by atoms with E-state index in [0.29, 0.717) is 43.6 Å². The Labute approximate surface area is 165 Å². The second kappa shape index (κ2) is 8.13. The molecule has 1 N–H and O–H groups in total. The van der Waals surface area contributed by atoms with Gasteiger partial charge in [-0.25, -0.2) is 28.7 Å². The van der Waals surface area contributed by atoms with Crippen molar-refractivity contribution in [2.75, 3.05) is 36.4 Å². The summed E-state index contributed by atoms with van der Waals surface area (Å²) in [4.78, 5) is 33.0. The molecule has 148 valence electrons. The van der Waals surface area contributed by atoms with Crippen LogP contribution in [-0.4, -0.2) is 56.9 Å². The number of aromatic nitrogens is 4. The highest BCUT2D eigenvalue weighted by atomic mass is 19.2. The highest BCUT2D eigenvalue weighted by Gasteiger charge is 2.24. The van der Waals surface area contributed by atoms with Crippen molar-refractivity contribution in [3.63, 3.8) is 0 Å². The van der Waals surface area contributed by atoms with Crippen molar-refractivity contribution in [2.24, 2.45) is 0 Å². The molecule has 29 heavy (non-hydrogen) atoms. The lowest BCUT2D eigenvalue weighted by Crippen LogP contribution is -2.49. The number of anilines is 3. The zero-order valence-corrected chi connectivity index (χ0v) is 15.3. The molecule has 1 aliphatic heterocycles. The van der Waals surface area contributed by atoms with Crippen molar-refractivity contribution in [2.45, 2.75) is 0 Å². The number of carbonyl (C=O) groups excluding carboxylic acids is 1. The minimum atomic E-state index is -0.972. The van der Waals surface area contributed by atoms with Gasteiger partial charge in [-0.05, 0) is 18.2 Å². The van der Waals surface area contributed by atoms with E-state index in [1.165, 1.54) is 18.5 Å². The molecule has 0 saturated carbocycles. The predicted molar refractivity (Wildman–Crippen MR) is 102 cm³/mol. The lowest BCUT2D eigenvalue weighted by molar-refractivity contribution is 0.0740. The van der Waals surface area contributed by atoms with Crippen LogP contribution in [0, 0.1) is 11.6 Å². The third kappa shape index (κ3) is 4.26. The van der Waals surface area contributed by atoms with E-state index >= 15 is 0 Å². The van der Waals surface area contributed by atoms with E-state index in [4.69, 9.17) is 0 Å². The van der Waals surface area contributed by atoms with Gasteiger partial charge in [0.05, 0.1) is 0 Å². The van der Waals surface area contributed by atoms with Crippen LogP contribution in [0.2, 0.25) is 0 Å². The van der Waals surface area contributed by atoms with Crippen LogP contribution in [0.3, 0.4) is 0 Å². The first-order valence-electron chi connectivity index (χ1n) is 8.95. The van der Waals surface area contributed by atoms with Gasteiger partial charge >= 0.3 is 0 Å². The standard InChI is InChI=1S/C19H17F2N7O/c20-14-3-2-13(10-15(14)21)26-17-11-16(24-12-25-17)18(29)27-6-8-28(9-7-27)19-22-4-1-5-23-19/h1-5,10-12H,6-9H2,(H,24,25,26). The maximum atomic E-state index is 13.4. The number of hydrogen-bond acceptors (Lipinski definition) is 7. The van der Waals surface area contributed by atoms with Crippen molar-refractivity contribution in [3.8, 4) is 0 Å². The number of hydrogen-bond donors (Lipinski definition) is 1. The number of nitrogens with one attached hydrogen (secondary N) is 1. The number of halogens is 2. The molecule has 2 aromatic heterocycles. The Kier molecular flexibility index (Phi) is 5.23. The number of amides is 1. The second-order valence-corrected chi connectivity index (χ2v) is 6.37. The SMILES string of the molecule is O=C(c1cc(Nc2ccc(F)c(F)c2)ncn1)N1CCN(c2ncccn2)CC1. The van der Waals surface area contributed by atoms with Crippen LogP contribution in [0.1, 0.15) is 10.5 Å². The maximum absolute atomic E-state index is 13.4. The van der Waals surface area contributed by atoms with Crippen molar-refractivity contribution in [1.82, 2.24) is 24.8 Å². The summed E-state index contributed by atoms with van der Waals surface area (Å²) in [6, 6.07) is 6.65. The van der Waals surface area contributed by atoms with Crippen molar-refractivity contribution >= 4 is 23.4 Å². The molecule has 10 heteroatoms. The first-order chi connectivity index (χ1) is 14.1. The van der Waals surface area contributed by atoms with Gasteiger partial charge in [0.25, 0.3) is 5.91 Å². The van der Waals surface area contributed by atoms with Crippen LogP contribution in [0.4, 0.5) is 26.2 Å². The summed E-state index contributed by atoms with van der Waals surface area (Å²) in [5.74, 6) is -1.19. The van der Waals surface area contributed by atoms with Crippen LogP contribution in [-0.2, 0) is 0 Å². The summed E-state index contributed by atoms with van der Waals surface area (Å²) in [7, 11) is 0. The van der Waals surface area contributed by atoms with E-state index in [-0.39, 0.29) is 11.6 Å². The molecular weight excluding hydrogens is 380 g/mol. The van der Waals surface area contributed by atoms with Crippen molar-refractivity contribution in [3.05, 3.63) is 66.4 Å². The minimum Gasteiger partial charge on any atom is -0.340 e. The van der Waals surface area contributed by atoms with Crippen LogP contribution < -0.4 is 10.2 Å². The Morgan fingerprint density at radius 1 is 0.931 bits per heavy atom. The number of piperazine rings is 1. The lowest BCUT2D eigenvalue weighted by Gasteiger charge is -2.34. The van der Waals surface area contributed by atoms with Crippen LogP contribution in [0.25, 0.3) is 0 Å². The zero-order valence-electron chi connectivity index (χ0n) is 15.3. The minimum absolute atomic E-state index is 0.217. The highest BCUT2D eigenvalue weighted by Crippen LogP contribution is 2.18. The Bertz CT molecular complexity index is 1010. The molecule has 0 unspecified atom stereocenters. The van der Waals surface area contributed by atoms with Gasteiger partial charge in [-0.15, -0.1) is 0 Å². The number of carbonyl (C=O) groups is 1. The molecule has 1 saturated heterocycles. The Hall–Kier alpha value is -3.69. The van der Waals surface area contributed by atoms with Gasteiger partial charge in [-0.2, -0.15) is 0 Å². The molecule has 1 aromatic carbocycles. The van der Waals surface area contributed by atoms with Crippen molar-refractivity contribution in [1.29, 1.82) is 0 Å². The van der Waals surface area contributed by atoms with Crippen molar-refractivity contribution < 1.29 is 13.6 Å². The topological polar surface area (TPSA) is 87.1 Å². The smallest absolute Gasteiger partial charge is 0.272 e. The molecule has 1 aliphatic rings. The van der Waals surface area contributed by atoms with E-state index in [2.05, 4.69) is 25.3 Å². The molecule has 3 aromatic rings. The number of rotatable bonds is 4. The predicted octanol–water partition coefficient (Wildman–Crippen LogP) is 2.25. The average molecular weight is 397 g/mol. The van der Waals surface area contributed by atoms with Gasteiger partial charge in [-0.1, -0.05) is 0 Å². The monoisotopic (exact) mass is 397 g/mol. The summed E-state index contributed by atoms with van der Waals surface area (Å²) < 4.78 is 26.4. The molecular formula is C19H17F2N7O. The van der Waals surface area contributed by atoms with Crippen LogP contribution >= 0.6 is 0 Å². The van der Waals surface area contributed by atoms with Crippen LogP contribution in [0.15, 0.2) is 49.1 Å².